The molecule has 0 spiro atoms. The lowest BCUT2D eigenvalue weighted by atomic mass is 10.4. The molecule has 0 heterocycles. The van der Waals surface area contributed by atoms with Crippen molar-refractivity contribution in [1.82, 2.24) is 0 Å². The van der Waals surface area contributed by atoms with E-state index < -0.39 is 24.2 Å². The highest BCUT2D eigenvalue weighted by Gasteiger charge is 2.53. The first-order chi connectivity index (χ1) is 7.93. The van der Waals surface area contributed by atoms with Crippen molar-refractivity contribution in [2.45, 2.75) is 59.0 Å². The van der Waals surface area contributed by atoms with Gasteiger partial charge in [-0.2, -0.15) is 0 Å². The average Bonchev–Trinajstić information content (AvgIpc) is 2.11. The van der Waals surface area contributed by atoms with Crippen LogP contribution >= 0.6 is 0 Å². The average molecular weight is 307 g/mol. The first-order valence-electron chi connectivity index (χ1n) is 6.64. The molecule has 0 rings (SSSR count). The maximum Gasteiger partial charge on any atom is 0.345 e. The Morgan fingerprint density at radius 2 is 1.67 bits per heavy atom. The van der Waals surface area contributed by atoms with E-state index in [1.807, 2.05) is 6.92 Å². The van der Waals surface area contributed by atoms with E-state index >= 15 is 0 Å². The van der Waals surface area contributed by atoms with Gasteiger partial charge >= 0.3 is 8.08 Å². The first-order valence-corrected chi connectivity index (χ1v) is 16.0. The third kappa shape index (κ3) is 5.94. The molecule has 6 heteroatoms. The van der Waals surface area contributed by atoms with Crippen molar-refractivity contribution in [3.05, 3.63) is 12.2 Å². The molecule has 0 saturated carbocycles. The van der Waals surface area contributed by atoms with Crippen LogP contribution in [0.15, 0.2) is 12.2 Å². The summed E-state index contributed by atoms with van der Waals surface area (Å²) < 4.78 is 12.2. The second-order valence-electron chi connectivity index (χ2n) is 6.50. The molecule has 0 radical (unpaired) electrons. The van der Waals surface area contributed by atoms with E-state index in [0.29, 0.717) is 6.61 Å². The Hall–Kier alpha value is 0.271. The zero-order chi connectivity index (χ0) is 14.6. The fourth-order valence-electron chi connectivity index (χ4n) is 1.97. The van der Waals surface area contributed by atoms with Crippen molar-refractivity contribution in [2.24, 2.45) is 0 Å². The Bertz CT molecular complexity index is 287. The molecule has 0 aliphatic heterocycles. The van der Waals surface area contributed by atoms with Crippen LogP contribution in [0.4, 0.5) is 0 Å². The lowest BCUT2D eigenvalue weighted by Crippen LogP contribution is -2.66. The summed E-state index contributed by atoms with van der Waals surface area (Å²) in [5, 5.41) is 0. The van der Waals surface area contributed by atoms with E-state index in [1.54, 1.807) is 0 Å². The quantitative estimate of drug-likeness (QED) is 0.550. The lowest BCUT2D eigenvalue weighted by Gasteiger charge is -2.41. The molecule has 0 saturated heterocycles. The van der Waals surface area contributed by atoms with Gasteiger partial charge in [-0.15, -0.1) is 0 Å². The molecule has 3 nitrogen and oxygen atoms in total. The summed E-state index contributed by atoms with van der Waals surface area (Å²) in [7, 11) is -6.60. The molecule has 108 valence electrons. The van der Waals surface area contributed by atoms with Crippen molar-refractivity contribution < 1.29 is 13.3 Å². The highest BCUT2D eigenvalue weighted by atomic mass is 29.3. The van der Waals surface area contributed by atoms with E-state index in [0.717, 1.165) is 18.0 Å². The van der Waals surface area contributed by atoms with Gasteiger partial charge in [-0.25, -0.2) is 0 Å². The molecular weight excluding hydrogens is 276 g/mol. The Morgan fingerprint density at radius 3 is 2.00 bits per heavy atom. The molecule has 18 heavy (non-hydrogen) atoms. The molecular formula is C12H30O3Si3. The smallest absolute Gasteiger partial charge is 0.345 e. The summed E-state index contributed by atoms with van der Waals surface area (Å²) >= 11 is 0. The predicted molar refractivity (Wildman–Crippen MR) is 85.7 cm³/mol. The Labute approximate surface area is 116 Å². The molecule has 0 bridgehead atoms. The summed E-state index contributed by atoms with van der Waals surface area (Å²) in [6, 6.07) is 0.754. The second-order valence-corrected chi connectivity index (χ2v) is 22.9. The predicted octanol–water partition coefficient (Wildman–Crippen LogP) is 3.56. The number of hydrogen-bond donors (Lipinski definition) is 1. The Kier molecular flexibility index (Phi) is 6.72. The topological polar surface area (TPSA) is 38.7 Å². The highest BCUT2D eigenvalue weighted by Crippen LogP contribution is 2.28. The van der Waals surface area contributed by atoms with Gasteiger partial charge in [-0.3, -0.25) is 0 Å². The van der Waals surface area contributed by atoms with E-state index in [-0.39, 0.29) is 0 Å². The van der Waals surface area contributed by atoms with E-state index in [4.69, 9.17) is 8.54 Å². The highest BCUT2D eigenvalue weighted by molar-refractivity contribution is 7.34. The van der Waals surface area contributed by atoms with Gasteiger partial charge in [-0.1, -0.05) is 25.5 Å². The summed E-state index contributed by atoms with van der Waals surface area (Å²) in [6.45, 7) is 19.0. The fourth-order valence-corrected chi connectivity index (χ4v) is 19.0. The van der Waals surface area contributed by atoms with Gasteiger partial charge in [0.15, 0.2) is 8.32 Å². The minimum absolute atomic E-state index is 0.453. The molecule has 1 unspecified atom stereocenters. The van der Waals surface area contributed by atoms with Gasteiger partial charge in [-0.05, 0) is 45.7 Å². The summed E-state index contributed by atoms with van der Waals surface area (Å²) in [4.78, 5) is 11.0. The van der Waals surface area contributed by atoms with Gasteiger partial charge in [0.25, 0.3) is 0 Å². The van der Waals surface area contributed by atoms with E-state index in [1.165, 1.54) is 0 Å². The van der Waals surface area contributed by atoms with Crippen molar-refractivity contribution in [2.75, 3.05) is 6.61 Å². The number of rotatable bonds is 8. The van der Waals surface area contributed by atoms with Crippen LogP contribution < -0.4 is 0 Å². The second kappa shape index (κ2) is 6.62. The summed E-state index contributed by atoms with van der Waals surface area (Å²) in [5.74, 6) is 0. The van der Waals surface area contributed by atoms with Crippen LogP contribution in [0.2, 0.25) is 38.8 Å². The molecule has 1 N–H and O–H groups in total. The van der Waals surface area contributed by atoms with Gasteiger partial charge in [0.05, 0.1) is 6.61 Å². The lowest BCUT2D eigenvalue weighted by molar-refractivity contribution is 0.262. The third-order valence-corrected chi connectivity index (χ3v) is 18.6. The molecule has 0 amide bonds. The molecule has 0 aliphatic carbocycles. The summed E-state index contributed by atoms with van der Waals surface area (Å²) in [5.41, 5.74) is 0.954. The molecule has 0 aromatic rings. The van der Waals surface area contributed by atoms with Crippen LogP contribution in [0, 0.1) is 0 Å². The van der Waals surface area contributed by atoms with Crippen LogP contribution in [-0.4, -0.2) is 35.6 Å². The fraction of sp³-hybridized carbons (Fsp3) is 0.833. The van der Waals surface area contributed by atoms with Crippen molar-refractivity contribution in [3.63, 3.8) is 0 Å². The molecule has 1 atom stereocenters. The first kappa shape index (κ1) is 18.3. The summed E-state index contributed by atoms with van der Waals surface area (Å²) in [6.07, 6.45) is 0.935. The van der Waals surface area contributed by atoms with E-state index in [2.05, 4.69) is 46.2 Å². The van der Waals surface area contributed by atoms with Gasteiger partial charge in [0.2, 0.25) is 7.83 Å². The van der Waals surface area contributed by atoms with Gasteiger partial charge in [0, 0.05) is 0 Å². The largest absolute Gasteiger partial charge is 0.454 e. The zero-order valence-corrected chi connectivity index (χ0v) is 16.1. The van der Waals surface area contributed by atoms with Crippen molar-refractivity contribution in [1.29, 1.82) is 0 Å². The maximum absolute atomic E-state index is 11.0. The standard InChI is InChI=1S/C12H30O3Si3/c1-9-10-18(13,14-11-12(2)3)17(7,8)15-16(4,5)6/h13H,2,9-11H2,1,3-8H3. The van der Waals surface area contributed by atoms with Crippen LogP contribution in [0.3, 0.4) is 0 Å². The molecule has 0 aromatic heterocycles. The monoisotopic (exact) mass is 306 g/mol. The maximum atomic E-state index is 11.0. The van der Waals surface area contributed by atoms with Crippen molar-refractivity contribution >= 4 is 24.2 Å². The van der Waals surface area contributed by atoms with Crippen LogP contribution in [0.25, 0.3) is 0 Å². The molecule has 0 aliphatic rings. The van der Waals surface area contributed by atoms with Crippen molar-refractivity contribution in [3.8, 4) is 0 Å². The third-order valence-electron chi connectivity index (χ3n) is 2.65. The van der Waals surface area contributed by atoms with E-state index in [9.17, 15) is 4.80 Å². The Balaban J connectivity index is 4.98. The molecule has 0 aromatic carbocycles. The van der Waals surface area contributed by atoms with Gasteiger partial charge < -0.3 is 13.3 Å². The van der Waals surface area contributed by atoms with Crippen LogP contribution in [-0.2, 0) is 8.54 Å². The SMILES string of the molecule is C=C(C)CO[Si](O)(CCC)[Si](C)(C)O[Si](C)(C)C. The van der Waals surface area contributed by atoms with Gasteiger partial charge in [0.1, 0.15) is 0 Å². The van der Waals surface area contributed by atoms with Crippen LogP contribution in [0.1, 0.15) is 20.3 Å². The minimum Gasteiger partial charge on any atom is -0.454 e. The Morgan fingerprint density at radius 1 is 1.17 bits per heavy atom. The zero-order valence-electron chi connectivity index (χ0n) is 13.1. The van der Waals surface area contributed by atoms with Crippen LogP contribution in [0.5, 0.6) is 0 Å². The minimum atomic E-state index is -2.76. The number of hydrogen-bond acceptors (Lipinski definition) is 3. The molecule has 0 fully saturated rings. The normalized spacial score (nSPS) is 16.4.